The number of nitrogens with zero attached hydrogens (tertiary/aromatic N) is 4. The lowest BCUT2D eigenvalue weighted by atomic mass is 9.84. The van der Waals surface area contributed by atoms with Crippen LogP contribution in [0.5, 0.6) is 0 Å². The number of nitriles is 2. The maximum atomic E-state index is 14.2. The summed E-state index contributed by atoms with van der Waals surface area (Å²) in [6.07, 6.45) is 4.03. The van der Waals surface area contributed by atoms with Crippen LogP contribution >= 0.6 is 0 Å². The zero-order chi connectivity index (χ0) is 16.0. The van der Waals surface area contributed by atoms with E-state index in [4.69, 9.17) is 0 Å². The van der Waals surface area contributed by atoms with Crippen LogP contribution < -0.4 is 9.80 Å². The topological polar surface area (TPSA) is 54.1 Å². The summed E-state index contributed by atoms with van der Waals surface area (Å²) < 4.78 is 28.3. The Bertz CT molecular complexity index is 656. The lowest BCUT2D eigenvalue weighted by Gasteiger charge is -2.50. The van der Waals surface area contributed by atoms with Crippen LogP contribution in [-0.2, 0) is 0 Å². The maximum Gasteiger partial charge on any atom is 0.180 e. The minimum absolute atomic E-state index is 0.148. The van der Waals surface area contributed by atoms with Crippen LogP contribution in [0.2, 0.25) is 0 Å². The van der Waals surface area contributed by atoms with E-state index >= 15 is 0 Å². The molecule has 2 atom stereocenters. The Morgan fingerprint density at radius 3 is 1.55 bits per heavy atom. The lowest BCUT2D eigenvalue weighted by Crippen LogP contribution is -2.55. The average molecular weight is 302 g/mol. The van der Waals surface area contributed by atoms with Crippen molar-refractivity contribution in [2.75, 3.05) is 23.9 Å². The van der Waals surface area contributed by atoms with E-state index in [1.165, 1.54) is 0 Å². The first-order valence-corrected chi connectivity index (χ1v) is 7.33. The van der Waals surface area contributed by atoms with Gasteiger partial charge >= 0.3 is 0 Å². The predicted octanol–water partition coefficient (Wildman–Crippen LogP) is 2.91. The van der Waals surface area contributed by atoms with E-state index < -0.39 is 11.6 Å². The maximum absolute atomic E-state index is 14.2. The molecule has 1 aliphatic heterocycles. The highest BCUT2D eigenvalue weighted by atomic mass is 19.2. The van der Waals surface area contributed by atoms with Gasteiger partial charge in [0, 0.05) is 26.2 Å². The SMILES string of the molecule is CN1c2c(C#N)c(F)c(F)c(C#N)c2N(C)[C@H]2CCCC[C@@H]21. The van der Waals surface area contributed by atoms with Gasteiger partial charge < -0.3 is 9.80 Å². The van der Waals surface area contributed by atoms with Crippen molar-refractivity contribution in [3.8, 4) is 12.1 Å². The number of likely N-dealkylation sites (N-methyl/N-ethyl adjacent to an activating group) is 2. The molecule has 0 aromatic heterocycles. The van der Waals surface area contributed by atoms with E-state index in [9.17, 15) is 19.3 Å². The van der Waals surface area contributed by atoms with Gasteiger partial charge in [-0.3, -0.25) is 0 Å². The largest absolute Gasteiger partial charge is 0.367 e. The number of anilines is 2. The van der Waals surface area contributed by atoms with Crippen molar-refractivity contribution < 1.29 is 8.78 Å². The highest BCUT2D eigenvalue weighted by Crippen LogP contribution is 2.46. The molecule has 1 aromatic rings. The third-order valence-corrected chi connectivity index (χ3v) is 4.95. The van der Waals surface area contributed by atoms with E-state index in [0.29, 0.717) is 11.4 Å². The van der Waals surface area contributed by atoms with Gasteiger partial charge in [-0.2, -0.15) is 10.5 Å². The summed E-state index contributed by atoms with van der Waals surface area (Å²) in [7, 11) is 3.60. The number of rotatable bonds is 0. The van der Waals surface area contributed by atoms with Crippen molar-refractivity contribution in [1.82, 2.24) is 0 Å². The Labute approximate surface area is 128 Å². The fourth-order valence-electron chi connectivity index (χ4n) is 3.88. The summed E-state index contributed by atoms with van der Waals surface area (Å²) >= 11 is 0. The first kappa shape index (κ1) is 14.6. The molecule has 0 radical (unpaired) electrons. The van der Waals surface area contributed by atoms with Gasteiger partial charge in [-0.15, -0.1) is 0 Å². The van der Waals surface area contributed by atoms with Crippen LogP contribution in [0.25, 0.3) is 0 Å². The van der Waals surface area contributed by atoms with Crippen LogP contribution in [0.15, 0.2) is 0 Å². The molecule has 22 heavy (non-hydrogen) atoms. The first-order chi connectivity index (χ1) is 10.5. The molecule has 1 fully saturated rings. The summed E-state index contributed by atoms with van der Waals surface area (Å²) in [6, 6.07) is 3.83. The Morgan fingerprint density at radius 1 is 0.864 bits per heavy atom. The van der Waals surface area contributed by atoms with E-state index in [2.05, 4.69) is 0 Å². The molecule has 0 N–H and O–H groups in total. The minimum Gasteiger partial charge on any atom is -0.367 e. The normalized spacial score (nSPS) is 23.4. The molecule has 1 saturated carbocycles. The molecule has 114 valence electrons. The number of halogens is 2. The first-order valence-electron chi connectivity index (χ1n) is 7.33. The number of hydrogen-bond donors (Lipinski definition) is 0. The van der Waals surface area contributed by atoms with Crippen molar-refractivity contribution >= 4 is 11.4 Å². The Hall–Kier alpha value is -2.34. The third kappa shape index (κ3) is 1.77. The fourth-order valence-corrected chi connectivity index (χ4v) is 3.88. The number of benzene rings is 1. The zero-order valence-corrected chi connectivity index (χ0v) is 12.5. The summed E-state index contributed by atoms with van der Waals surface area (Å²) in [5.74, 6) is -2.46. The van der Waals surface area contributed by atoms with E-state index in [1.54, 1.807) is 26.2 Å². The Kier molecular flexibility index (Phi) is 3.41. The third-order valence-electron chi connectivity index (χ3n) is 4.95. The van der Waals surface area contributed by atoms with Gasteiger partial charge in [0.05, 0.1) is 11.4 Å². The van der Waals surface area contributed by atoms with Crippen molar-refractivity contribution in [3.63, 3.8) is 0 Å². The second kappa shape index (κ2) is 5.14. The monoisotopic (exact) mass is 302 g/mol. The smallest absolute Gasteiger partial charge is 0.180 e. The average Bonchev–Trinajstić information content (AvgIpc) is 2.54. The van der Waals surface area contributed by atoms with E-state index in [0.717, 1.165) is 25.7 Å². The van der Waals surface area contributed by atoms with Crippen LogP contribution in [-0.4, -0.2) is 26.2 Å². The molecule has 6 heteroatoms. The van der Waals surface area contributed by atoms with Crippen LogP contribution in [0.4, 0.5) is 20.2 Å². The Balaban J connectivity index is 2.34. The second-order valence-corrected chi connectivity index (χ2v) is 5.94. The Morgan fingerprint density at radius 2 is 1.23 bits per heavy atom. The molecule has 4 nitrogen and oxygen atoms in total. The van der Waals surface area contributed by atoms with Crippen molar-refractivity contribution in [2.24, 2.45) is 0 Å². The van der Waals surface area contributed by atoms with E-state index in [1.807, 2.05) is 9.80 Å². The van der Waals surface area contributed by atoms with Crippen LogP contribution in [0.3, 0.4) is 0 Å². The minimum atomic E-state index is -1.23. The second-order valence-electron chi connectivity index (χ2n) is 5.94. The molecule has 0 saturated heterocycles. The molecule has 0 unspecified atom stereocenters. The van der Waals surface area contributed by atoms with Gasteiger partial charge in [0.2, 0.25) is 0 Å². The molecule has 1 aromatic carbocycles. The number of hydrogen-bond acceptors (Lipinski definition) is 4. The van der Waals surface area contributed by atoms with Gasteiger partial charge in [-0.1, -0.05) is 12.8 Å². The molecule has 2 aliphatic rings. The summed E-state index contributed by atoms with van der Waals surface area (Å²) in [5, 5.41) is 18.6. The van der Waals surface area contributed by atoms with Crippen LogP contribution in [0.1, 0.15) is 36.8 Å². The number of fused-ring (bicyclic) bond motifs is 2. The summed E-state index contributed by atoms with van der Waals surface area (Å²) in [5.41, 5.74) is 0.0435. The van der Waals surface area contributed by atoms with Crippen molar-refractivity contribution in [1.29, 1.82) is 10.5 Å². The van der Waals surface area contributed by atoms with Gasteiger partial charge in [0.15, 0.2) is 11.6 Å². The summed E-state index contributed by atoms with van der Waals surface area (Å²) in [6.45, 7) is 0. The summed E-state index contributed by atoms with van der Waals surface area (Å²) in [4.78, 5) is 3.72. The zero-order valence-electron chi connectivity index (χ0n) is 12.5. The van der Waals surface area contributed by atoms with Crippen LogP contribution in [0, 0.1) is 34.3 Å². The van der Waals surface area contributed by atoms with Gasteiger partial charge in [0.25, 0.3) is 0 Å². The molecule has 0 amide bonds. The van der Waals surface area contributed by atoms with Crippen molar-refractivity contribution in [2.45, 2.75) is 37.8 Å². The van der Waals surface area contributed by atoms with Gasteiger partial charge in [-0.25, -0.2) is 8.78 Å². The van der Waals surface area contributed by atoms with Gasteiger partial charge in [0.1, 0.15) is 23.3 Å². The molecule has 1 aliphatic carbocycles. The van der Waals surface area contributed by atoms with Crippen molar-refractivity contribution in [3.05, 3.63) is 22.8 Å². The quantitative estimate of drug-likeness (QED) is 0.739. The molecule has 3 rings (SSSR count). The molecule has 1 heterocycles. The van der Waals surface area contributed by atoms with E-state index in [-0.39, 0.29) is 23.2 Å². The predicted molar refractivity (Wildman–Crippen MR) is 78.6 cm³/mol. The molecule has 0 bridgehead atoms. The highest BCUT2D eigenvalue weighted by Gasteiger charge is 2.42. The van der Waals surface area contributed by atoms with Gasteiger partial charge in [-0.05, 0) is 12.8 Å². The highest BCUT2D eigenvalue weighted by molar-refractivity contribution is 5.85. The fraction of sp³-hybridized carbons (Fsp3) is 0.500. The molecular formula is C16H16F2N4. The lowest BCUT2D eigenvalue weighted by molar-refractivity contribution is 0.352. The standard InChI is InChI=1S/C16H16F2N4/c1-21-11-5-3-4-6-12(11)22(2)16-10(8-20)14(18)13(17)9(7-19)15(16)21/h11-12H,3-6H2,1-2H3/t11-,12-/m0/s1. The molecule has 0 spiro atoms. The molecular weight excluding hydrogens is 286 g/mol.